The lowest BCUT2D eigenvalue weighted by Gasteiger charge is -2.14. The number of rotatable bonds is 2. The van der Waals surface area contributed by atoms with Crippen molar-refractivity contribution >= 4 is 28.8 Å². The fourth-order valence-corrected chi connectivity index (χ4v) is 1.88. The zero-order valence-electron chi connectivity index (χ0n) is 7.32. The molecule has 0 spiro atoms. The number of aliphatic hydroxyl groups excluding tert-OH is 1. The molecule has 0 aliphatic carbocycles. The van der Waals surface area contributed by atoms with Gasteiger partial charge in [0.1, 0.15) is 0 Å². The number of carbonyl (C=O) groups excluding carboxylic acids is 1. The Morgan fingerprint density at radius 3 is 2.62 bits per heavy atom. The van der Waals surface area contributed by atoms with Gasteiger partial charge in [-0.3, -0.25) is 4.79 Å². The van der Waals surface area contributed by atoms with E-state index in [9.17, 15) is 9.90 Å². The van der Waals surface area contributed by atoms with Crippen molar-refractivity contribution in [2.45, 2.75) is 6.10 Å². The number of nitrogens with zero attached hydrogens (tertiary/aromatic N) is 1. The van der Waals surface area contributed by atoms with Gasteiger partial charge in [0.25, 0.3) is 5.91 Å². The lowest BCUT2D eigenvalue weighted by Crippen LogP contribution is -2.27. The van der Waals surface area contributed by atoms with Crippen LogP contribution in [0.15, 0.2) is 12.1 Å². The summed E-state index contributed by atoms with van der Waals surface area (Å²) in [7, 11) is 3.20. The van der Waals surface area contributed by atoms with Crippen LogP contribution >= 0.6 is 22.9 Å². The SMILES string of the molecule is CN(C)C(=O)C(O)c1ccc(Cl)s1. The first-order chi connectivity index (χ1) is 6.02. The summed E-state index contributed by atoms with van der Waals surface area (Å²) in [4.78, 5) is 13.2. The minimum Gasteiger partial charge on any atom is -0.378 e. The molecule has 3 nitrogen and oxygen atoms in total. The second kappa shape index (κ2) is 4.09. The van der Waals surface area contributed by atoms with E-state index in [1.165, 1.54) is 16.2 Å². The minimum atomic E-state index is -1.09. The highest BCUT2D eigenvalue weighted by molar-refractivity contribution is 7.16. The quantitative estimate of drug-likeness (QED) is 0.820. The summed E-state index contributed by atoms with van der Waals surface area (Å²) in [5.74, 6) is -0.335. The zero-order chi connectivity index (χ0) is 10.0. The number of aliphatic hydroxyl groups is 1. The standard InChI is InChI=1S/C8H10ClNO2S/c1-10(2)8(12)7(11)5-3-4-6(9)13-5/h3-4,7,11H,1-2H3. The highest BCUT2D eigenvalue weighted by Gasteiger charge is 2.20. The van der Waals surface area contributed by atoms with Gasteiger partial charge in [-0.25, -0.2) is 0 Å². The van der Waals surface area contributed by atoms with Crippen LogP contribution in [0.25, 0.3) is 0 Å². The molecule has 1 aromatic rings. The van der Waals surface area contributed by atoms with Crippen molar-refractivity contribution in [1.82, 2.24) is 4.90 Å². The molecule has 1 rings (SSSR count). The average Bonchev–Trinajstić information content (AvgIpc) is 2.49. The number of thiophene rings is 1. The Morgan fingerprint density at radius 2 is 2.23 bits per heavy atom. The summed E-state index contributed by atoms with van der Waals surface area (Å²) in [6.45, 7) is 0. The van der Waals surface area contributed by atoms with Gasteiger partial charge < -0.3 is 10.0 Å². The van der Waals surface area contributed by atoms with E-state index in [1.807, 2.05) is 0 Å². The second-order valence-corrected chi connectivity index (χ2v) is 4.52. The number of carbonyl (C=O) groups is 1. The minimum absolute atomic E-state index is 0.335. The Balaban J connectivity index is 2.79. The van der Waals surface area contributed by atoms with Gasteiger partial charge in [-0.1, -0.05) is 11.6 Å². The monoisotopic (exact) mass is 219 g/mol. The van der Waals surface area contributed by atoms with E-state index in [2.05, 4.69) is 0 Å². The van der Waals surface area contributed by atoms with Crippen molar-refractivity contribution in [3.63, 3.8) is 0 Å². The van der Waals surface area contributed by atoms with Gasteiger partial charge >= 0.3 is 0 Å². The molecule has 0 aromatic carbocycles. The number of hydrogen-bond donors (Lipinski definition) is 1. The molecule has 0 saturated heterocycles. The van der Waals surface area contributed by atoms with E-state index in [-0.39, 0.29) is 5.91 Å². The van der Waals surface area contributed by atoms with Crippen LogP contribution in [-0.2, 0) is 4.79 Å². The van der Waals surface area contributed by atoms with Gasteiger partial charge in [-0.15, -0.1) is 11.3 Å². The Hall–Kier alpha value is -0.580. The van der Waals surface area contributed by atoms with Gasteiger partial charge in [-0.2, -0.15) is 0 Å². The van der Waals surface area contributed by atoms with Gasteiger partial charge in [-0.05, 0) is 12.1 Å². The first kappa shape index (κ1) is 10.5. The van der Waals surface area contributed by atoms with Crippen molar-refractivity contribution in [2.75, 3.05) is 14.1 Å². The Morgan fingerprint density at radius 1 is 1.62 bits per heavy atom. The van der Waals surface area contributed by atoms with Crippen LogP contribution in [0.3, 0.4) is 0 Å². The van der Waals surface area contributed by atoms with Crippen LogP contribution < -0.4 is 0 Å². The van der Waals surface area contributed by atoms with Gasteiger partial charge in [0, 0.05) is 19.0 Å². The summed E-state index contributed by atoms with van der Waals surface area (Å²) in [5.41, 5.74) is 0. The Labute approximate surface area is 85.6 Å². The fraction of sp³-hybridized carbons (Fsp3) is 0.375. The van der Waals surface area contributed by atoms with E-state index < -0.39 is 6.10 Å². The molecule has 1 atom stereocenters. The van der Waals surface area contributed by atoms with Crippen LogP contribution in [0.5, 0.6) is 0 Å². The maximum Gasteiger partial charge on any atom is 0.256 e. The number of halogens is 1. The predicted molar refractivity (Wildman–Crippen MR) is 53.0 cm³/mol. The van der Waals surface area contributed by atoms with Crippen molar-refractivity contribution in [1.29, 1.82) is 0 Å². The van der Waals surface area contributed by atoms with Crippen molar-refractivity contribution in [2.24, 2.45) is 0 Å². The third-order valence-corrected chi connectivity index (χ3v) is 2.82. The summed E-state index contributed by atoms with van der Waals surface area (Å²) >= 11 is 6.88. The molecule has 1 amide bonds. The smallest absolute Gasteiger partial charge is 0.256 e. The Kier molecular flexibility index (Phi) is 3.30. The lowest BCUT2D eigenvalue weighted by atomic mass is 10.2. The van der Waals surface area contributed by atoms with Gasteiger partial charge in [0.05, 0.1) is 4.34 Å². The van der Waals surface area contributed by atoms with E-state index in [0.717, 1.165) is 0 Å². The number of amides is 1. The summed E-state index contributed by atoms with van der Waals surface area (Å²) in [6, 6.07) is 3.31. The van der Waals surface area contributed by atoms with E-state index in [1.54, 1.807) is 26.2 Å². The second-order valence-electron chi connectivity index (χ2n) is 2.78. The third-order valence-electron chi connectivity index (χ3n) is 1.54. The molecule has 1 aromatic heterocycles. The number of likely N-dealkylation sites (N-methyl/N-ethyl adjacent to an activating group) is 1. The summed E-state index contributed by atoms with van der Waals surface area (Å²) in [5, 5.41) is 9.53. The zero-order valence-corrected chi connectivity index (χ0v) is 8.89. The lowest BCUT2D eigenvalue weighted by molar-refractivity contribution is -0.137. The van der Waals surface area contributed by atoms with Crippen LogP contribution in [0.4, 0.5) is 0 Å². The highest BCUT2D eigenvalue weighted by Crippen LogP contribution is 2.27. The van der Waals surface area contributed by atoms with Crippen LogP contribution in [0.1, 0.15) is 11.0 Å². The highest BCUT2D eigenvalue weighted by atomic mass is 35.5. The molecule has 1 unspecified atom stereocenters. The maximum atomic E-state index is 11.3. The molecule has 0 fully saturated rings. The fourth-order valence-electron chi connectivity index (χ4n) is 0.842. The molecule has 0 aliphatic heterocycles. The molecular weight excluding hydrogens is 210 g/mol. The summed E-state index contributed by atoms with van der Waals surface area (Å²) in [6.07, 6.45) is -1.09. The molecule has 0 aliphatic rings. The molecular formula is C8H10ClNO2S. The average molecular weight is 220 g/mol. The Bertz CT molecular complexity index is 311. The van der Waals surface area contributed by atoms with E-state index >= 15 is 0 Å². The van der Waals surface area contributed by atoms with Crippen LogP contribution in [0.2, 0.25) is 4.34 Å². The molecule has 13 heavy (non-hydrogen) atoms. The van der Waals surface area contributed by atoms with E-state index in [0.29, 0.717) is 9.21 Å². The first-order valence-electron chi connectivity index (χ1n) is 3.67. The van der Waals surface area contributed by atoms with Gasteiger partial charge in [0.2, 0.25) is 0 Å². The normalized spacial score (nSPS) is 12.6. The van der Waals surface area contributed by atoms with Crippen LogP contribution in [0, 0.1) is 0 Å². The largest absolute Gasteiger partial charge is 0.378 e. The first-order valence-corrected chi connectivity index (χ1v) is 4.86. The molecule has 1 N–H and O–H groups in total. The van der Waals surface area contributed by atoms with Gasteiger partial charge in [0.15, 0.2) is 6.10 Å². The molecule has 72 valence electrons. The molecule has 0 saturated carbocycles. The molecule has 5 heteroatoms. The molecule has 0 bridgehead atoms. The van der Waals surface area contributed by atoms with E-state index in [4.69, 9.17) is 11.6 Å². The maximum absolute atomic E-state index is 11.3. The third kappa shape index (κ3) is 2.43. The summed E-state index contributed by atoms with van der Waals surface area (Å²) < 4.78 is 0.570. The predicted octanol–water partition coefficient (Wildman–Crippen LogP) is 1.52. The molecule has 1 heterocycles. The van der Waals surface area contributed by atoms with Crippen molar-refractivity contribution in [3.8, 4) is 0 Å². The molecule has 0 radical (unpaired) electrons. The topological polar surface area (TPSA) is 40.5 Å². The number of hydrogen-bond acceptors (Lipinski definition) is 3. The van der Waals surface area contributed by atoms with Crippen LogP contribution in [-0.4, -0.2) is 30.0 Å². The van der Waals surface area contributed by atoms with Crippen molar-refractivity contribution in [3.05, 3.63) is 21.3 Å². The van der Waals surface area contributed by atoms with Crippen molar-refractivity contribution < 1.29 is 9.90 Å².